The highest BCUT2D eigenvalue weighted by Crippen LogP contribution is 2.29. The third-order valence-electron chi connectivity index (χ3n) is 4.15. The summed E-state index contributed by atoms with van der Waals surface area (Å²) in [4.78, 5) is 6.59. The second kappa shape index (κ2) is 13.1. The summed E-state index contributed by atoms with van der Waals surface area (Å²) in [6.07, 6.45) is 0.595. The minimum absolute atomic E-state index is 0. The van der Waals surface area contributed by atoms with Crippen LogP contribution in [0.25, 0.3) is 0 Å². The Morgan fingerprint density at radius 3 is 2.59 bits per heavy atom. The average Bonchev–Trinajstić information content (AvgIpc) is 2.70. The number of hydrogen-bond donors (Lipinski definition) is 2. The molecule has 0 aliphatic heterocycles. The molecule has 8 heteroatoms. The van der Waals surface area contributed by atoms with Gasteiger partial charge in [0.15, 0.2) is 17.5 Å². The normalized spacial score (nSPS) is 10.8. The van der Waals surface area contributed by atoms with E-state index in [1.54, 1.807) is 18.2 Å². The molecule has 2 aromatic carbocycles. The number of ether oxygens (including phenoxy) is 2. The smallest absolute Gasteiger partial charge is 0.193 e. The molecule has 0 aliphatic carbocycles. The summed E-state index contributed by atoms with van der Waals surface area (Å²) >= 11 is 0. The number of benzene rings is 2. The fourth-order valence-corrected chi connectivity index (χ4v) is 2.62. The van der Waals surface area contributed by atoms with Gasteiger partial charge in [0, 0.05) is 20.1 Å². The number of phenolic OH excluding ortho intramolecular Hbond substituents is 1. The first-order valence-electron chi connectivity index (χ1n) is 9.27. The fourth-order valence-electron chi connectivity index (χ4n) is 2.62. The Balaban J connectivity index is 0.00000420. The van der Waals surface area contributed by atoms with Crippen LogP contribution in [-0.2, 0) is 6.42 Å². The summed E-state index contributed by atoms with van der Waals surface area (Å²) in [6.45, 7) is 4.34. The van der Waals surface area contributed by atoms with Crippen LogP contribution in [0.1, 0.15) is 12.5 Å². The van der Waals surface area contributed by atoms with Crippen molar-refractivity contribution in [1.82, 2.24) is 10.2 Å². The molecule has 0 atom stereocenters. The molecule has 0 aliphatic rings. The number of rotatable bonds is 9. The molecule has 0 radical (unpaired) electrons. The molecule has 0 saturated heterocycles. The Labute approximate surface area is 188 Å². The van der Waals surface area contributed by atoms with Crippen molar-refractivity contribution in [2.24, 2.45) is 4.99 Å². The van der Waals surface area contributed by atoms with Crippen molar-refractivity contribution in [3.05, 3.63) is 53.8 Å². The van der Waals surface area contributed by atoms with Crippen LogP contribution in [0.4, 0.5) is 4.39 Å². The number of para-hydroxylation sites is 1. The van der Waals surface area contributed by atoms with E-state index in [1.165, 1.54) is 19.2 Å². The Morgan fingerprint density at radius 1 is 1.21 bits per heavy atom. The summed E-state index contributed by atoms with van der Waals surface area (Å²) < 4.78 is 23.7. The minimum atomic E-state index is -0.284. The molecule has 0 amide bonds. The van der Waals surface area contributed by atoms with Gasteiger partial charge in [-0.3, -0.25) is 4.99 Å². The predicted octanol–water partition coefficient (Wildman–Crippen LogP) is 3.68. The SMILES string of the molecule is CCNC(=NCCc1cccc(OC)c1O)N(C)CCOc1ccc(F)cc1.I. The zero-order valence-electron chi connectivity index (χ0n) is 17.0. The lowest BCUT2D eigenvalue weighted by atomic mass is 10.1. The number of aliphatic imine (C=N–C) groups is 1. The van der Waals surface area contributed by atoms with E-state index in [4.69, 9.17) is 9.47 Å². The van der Waals surface area contributed by atoms with Crippen LogP contribution in [0.5, 0.6) is 17.2 Å². The molecule has 2 aromatic rings. The number of guanidine groups is 1. The largest absolute Gasteiger partial charge is 0.504 e. The van der Waals surface area contributed by atoms with E-state index in [-0.39, 0.29) is 35.5 Å². The molecular formula is C21H29FIN3O3. The van der Waals surface area contributed by atoms with E-state index in [9.17, 15) is 9.50 Å². The number of methoxy groups -OCH3 is 1. The Morgan fingerprint density at radius 2 is 1.93 bits per heavy atom. The molecule has 2 N–H and O–H groups in total. The molecule has 0 fully saturated rings. The van der Waals surface area contributed by atoms with Crippen molar-refractivity contribution in [3.63, 3.8) is 0 Å². The Bertz CT molecular complexity index is 772. The van der Waals surface area contributed by atoms with Gasteiger partial charge in [-0.1, -0.05) is 12.1 Å². The lowest BCUT2D eigenvalue weighted by Crippen LogP contribution is -2.41. The highest BCUT2D eigenvalue weighted by molar-refractivity contribution is 14.0. The number of nitrogens with zero attached hydrogens (tertiary/aromatic N) is 2. The number of phenols is 1. The van der Waals surface area contributed by atoms with Gasteiger partial charge < -0.3 is 24.8 Å². The van der Waals surface area contributed by atoms with Crippen molar-refractivity contribution in [2.75, 3.05) is 40.4 Å². The number of nitrogens with one attached hydrogen (secondary N) is 1. The first-order chi connectivity index (χ1) is 13.5. The van der Waals surface area contributed by atoms with Gasteiger partial charge in [0.25, 0.3) is 0 Å². The van der Waals surface area contributed by atoms with E-state index in [0.29, 0.717) is 37.6 Å². The zero-order valence-corrected chi connectivity index (χ0v) is 19.4. The maximum atomic E-state index is 12.9. The van der Waals surface area contributed by atoms with E-state index in [0.717, 1.165) is 18.1 Å². The quantitative estimate of drug-likeness (QED) is 0.302. The molecule has 0 heterocycles. The first-order valence-corrected chi connectivity index (χ1v) is 9.27. The molecule has 6 nitrogen and oxygen atoms in total. The third kappa shape index (κ3) is 7.96. The van der Waals surface area contributed by atoms with Crippen LogP contribution in [0.15, 0.2) is 47.5 Å². The highest BCUT2D eigenvalue weighted by Gasteiger charge is 2.09. The van der Waals surface area contributed by atoms with Gasteiger partial charge in [0.2, 0.25) is 0 Å². The predicted molar refractivity (Wildman–Crippen MR) is 124 cm³/mol. The molecule has 0 saturated carbocycles. The average molecular weight is 517 g/mol. The fraction of sp³-hybridized carbons (Fsp3) is 0.381. The van der Waals surface area contributed by atoms with Crippen LogP contribution in [-0.4, -0.2) is 56.4 Å². The van der Waals surface area contributed by atoms with Crippen molar-refractivity contribution in [2.45, 2.75) is 13.3 Å². The molecule has 0 spiro atoms. The number of aromatic hydroxyl groups is 1. The monoisotopic (exact) mass is 517 g/mol. The van der Waals surface area contributed by atoms with E-state index in [2.05, 4.69) is 10.3 Å². The molecule has 160 valence electrons. The second-order valence-electron chi connectivity index (χ2n) is 6.18. The van der Waals surface area contributed by atoms with Crippen molar-refractivity contribution < 1.29 is 19.0 Å². The Kier molecular flexibility index (Phi) is 11.2. The third-order valence-corrected chi connectivity index (χ3v) is 4.15. The van der Waals surface area contributed by atoms with Crippen LogP contribution < -0.4 is 14.8 Å². The van der Waals surface area contributed by atoms with Crippen LogP contribution in [0.3, 0.4) is 0 Å². The van der Waals surface area contributed by atoms with E-state index < -0.39 is 0 Å². The number of hydrogen-bond acceptors (Lipinski definition) is 4. The molecule has 0 bridgehead atoms. The number of halogens is 2. The maximum absolute atomic E-state index is 12.9. The molecule has 0 aromatic heterocycles. The number of likely N-dealkylation sites (N-methyl/N-ethyl adjacent to an activating group) is 1. The Hall–Kier alpha value is -2.23. The molecule has 29 heavy (non-hydrogen) atoms. The summed E-state index contributed by atoms with van der Waals surface area (Å²) in [5.41, 5.74) is 0.793. The van der Waals surface area contributed by atoms with Crippen molar-refractivity contribution in [3.8, 4) is 17.2 Å². The standard InChI is InChI=1S/C21H28FN3O3.HI/c1-4-23-21(24-13-12-16-6-5-7-19(27-3)20(16)26)25(2)14-15-28-18-10-8-17(22)9-11-18;/h5-11,26H,4,12-15H2,1-3H3,(H,23,24);1H. The van der Waals surface area contributed by atoms with Crippen molar-refractivity contribution >= 4 is 29.9 Å². The minimum Gasteiger partial charge on any atom is -0.504 e. The summed E-state index contributed by atoms with van der Waals surface area (Å²) in [5, 5.41) is 13.4. The summed E-state index contributed by atoms with van der Waals surface area (Å²) in [7, 11) is 3.46. The van der Waals surface area contributed by atoms with Crippen LogP contribution >= 0.6 is 24.0 Å². The van der Waals surface area contributed by atoms with Crippen molar-refractivity contribution in [1.29, 1.82) is 0 Å². The van der Waals surface area contributed by atoms with Gasteiger partial charge in [-0.05, 0) is 49.2 Å². The van der Waals surface area contributed by atoms with Gasteiger partial charge >= 0.3 is 0 Å². The second-order valence-corrected chi connectivity index (χ2v) is 6.18. The van der Waals surface area contributed by atoms with Gasteiger partial charge in [0.1, 0.15) is 18.2 Å². The van der Waals surface area contributed by atoms with Crippen LogP contribution in [0.2, 0.25) is 0 Å². The zero-order chi connectivity index (χ0) is 20.4. The lowest BCUT2D eigenvalue weighted by Gasteiger charge is -2.22. The maximum Gasteiger partial charge on any atom is 0.193 e. The van der Waals surface area contributed by atoms with E-state index >= 15 is 0 Å². The summed E-state index contributed by atoms with van der Waals surface area (Å²) in [6, 6.07) is 11.4. The molecule has 2 rings (SSSR count). The lowest BCUT2D eigenvalue weighted by molar-refractivity contribution is 0.281. The highest BCUT2D eigenvalue weighted by atomic mass is 127. The van der Waals surface area contributed by atoms with Gasteiger partial charge in [-0.25, -0.2) is 4.39 Å². The topological polar surface area (TPSA) is 66.3 Å². The molecular weight excluding hydrogens is 488 g/mol. The first kappa shape index (κ1) is 24.8. The summed E-state index contributed by atoms with van der Waals surface area (Å²) in [5.74, 6) is 1.72. The van der Waals surface area contributed by atoms with E-state index in [1.807, 2.05) is 31.0 Å². The van der Waals surface area contributed by atoms with Gasteiger partial charge in [0.05, 0.1) is 13.7 Å². The van der Waals surface area contributed by atoms with Gasteiger partial charge in [-0.15, -0.1) is 24.0 Å². The van der Waals surface area contributed by atoms with Gasteiger partial charge in [-0.2, -0.15) is 0 Å². The molecule has 0 unspecified atom stereocenters. The van der Waals surface area contributed by atoms with Crippen LogP contribution in [0, 0.1) is 5.82 Å².